The van der Waals surface area contributed by atoms with Crippen LogP contribution in [0, 0.1) is 19.8 Å². The van der Waals surface area contributed by atoms with Crippen molar-refractivity contribution in [2.24, 2.45) is 11.7 Å². The molecule has 82 valence electrons. The molecule has 0 aliphatic carbocycles. The van der Waals surface area contributed by atoms with Gasteiger partial charge >= 0.3 is 0 Å². The normalized spacial score (nSPS) is 23.0. The highest BCUT2D eigenvalue weighted by atomic mass is 32.2. The number of aryl methyl sites for hydroxylation is 2. The molecule has 1 fully saturated rings. The van der Waals surface area contributed by atoms with Crippen LogP contribution in [0.2, 0.25) is 0 Å². The maximum Gasteiger partial charge on any atom is 0.0334 e. The number of thioether (sulfide) groups is 1. The minimum atomic E-state index is 0.237. The summed E-state index contributed by atoms with van der Waals surface area (Å²) in [5, 5.41) is 0. The Hall–Kier alpha value is -0.470. The van der Waals surface area contributed by atoms with Crippen LogP contribution in [0.15, 0.2) is 18.2 Å². The zero-order valence-corrected chi connectivity index (χ0v) is 10.3. The molecular weight excluding hydrogens is 202 g/mol. The summed E-state index contributed by atoms with van der Waals surface area (Å²) in [5.41, 5.74) is 10.3. The van der Waals surface area contributed by atoms with E-state index in [0.29, 0.717) is 5.92 Å². The van der Waals surface area contributed by atoms with Crippen molar-refractivity contribution in [3.63, 3.8) is 0 Å². The summed E-state index contributed by atoms with van der Waals surface area (Å²) in [5.74, 6) is 3.19. The van der Waals surface area contributed by atoms with Gasteiger partial charge in [-0.2, -0.15) is 11.8 Å². The van der Waals surface area contributed by atoms with Gasteiger partial charge in [-0.05, 0) is 48.8 Å². The summed E-state index contributed by atoms with van der Waals surface area (Å²) in [7, 11) is 0. The predicted octanol–water partition coefficient (Wildman–Crippen LogP) is 3.06. The van der Waals surface area contributed by atoms with Crippen LogP contribution >= 0.6 is 11.8 Å². The molecule has 0 aromatic heterocycles. The molecule has 2 heteroatoms. The maximum absolute atomic E-state index is 6.34. The molecule has 2 rings (SSSR count). The number of hydrogen-bond donors (Lipinski definition) is 1. The summed E-state index contributed by atoms with van der Waals surface area (Å²) >= 11 is 2.03. The van der Waals surface area contributed by atoms with E-state index < -0.39 is 0 Å². The third-order valence-electron chi connectivity index (χ3n) is 3.26. The molecule has 1 aromatic carbocycles. The van der Waals surface area contributed by atoms with Crippen molar-refractivity contribution in [3.05, 3.63) is 34.9 Å². The van der Waals surface area contributed by atoms with Crippen LogP contribution in [0.1, 0.15) is 29.2 Å². The van der Waals surface area contributed by atoms with Crippen LogP contribution in [0.25, 0.3) is 0 Å². The van der Waals surface area contributed by atoms with E-state index in [4.69, 9.17) is 5.73 Å². The highest BCUT2D eigenvalue weighted by Gasteiger charge is 2.24. The van der Waals surface area contributed by atoms with Crippen LogP contribution in [-0.2, 0) is 0 Å². The molecule has 1 aliphatic heterocycles. The molecule has 2 atom stereocenters. The van der Waals surface area contributed by atoms with Gasteiger partial charge in [0.25, 0.3) is 0 Å². The fourth-order valence-electron chi connectivity index (χ4n) is 2.29. The summed E-state index contributed by atoms with van der Waals surface area (Å²) < 4.78 is 0. The smallest absolute Gasteiger partial charge is 0.0334 e. The molecule has 1 saturated heterocycles. The highest BCUT2D eigenvalue weighted by Crippen LogP contribution is 2.33. The van der Waals surface area contributed by atoms with Crippen LogP contribution in [-0.4, -0.2) is 11.5 Å². The number of nitrogens with two attached hydrogens (primary N) is 1. The summed E-state index contributed by atoms with van der Waals surface area (Å²) in [6.45, 7) is 4.30. The van der Waals surface area contributed by atoms with E-state index in [1.54, 1.807) is 0 Å². The van der Waals surface area contributed by atoms with Gasteiger partial charge < -0.3 is 5.73 Å². The minimum Gasteiger partial charge on any atom is -0.324 e. The second kappa shape index (κ2) is 4.58. The minimum absolute atomic E-state index is 0.237. The van der Waals surface area contributed by atoms with Crippen molar-refractivity contribution in [1.29, 1.82) is 0 Å². The molecule has 15 heavy (non-hydrogen) atoms. The molecule has 2 N–H and O–H groups in total. The van der Waals surface area contributed by atoms with Gasteiger partial charge in [0.1, 0.15) is 0 Å². The molecule has 0 saturated carbocycles. The van der Waals surface area contributed by atoms with Crippen molar-refractivity contribution < 1.29 is 0 Å². The van der Waals surface area contributed by atoms with Crippen molar-refractivity contribution in [2.75, 3.05) is 11.5 Å². The lowest BCUT2D eigenvalue weighted by atomic mass is 9.90. The Morgan fingerprint density at radius 1 is 1.40 bits per heavy atom. The Labute approximate surface area is 96.4 Å². The van der Waals surface area contributed by atoms with Crippen molar-refractivity contribution in [2.45, 2.75) is 26.3 Å². The fourth-order valence-corrected chi connectivity index (χ4v) is 3.60. The summed E-state index contributed by atoms with van der Waals surface area (Å²) in [6.07, 6.45) is 1.28. The van der Waals surface area contributed by atoms with Crippen molar-refractivity contribution in [3.8, 4) is 0 Å². The second-order valence-corrected chi connectivity index (χ2v) is 5.66. The topological polar surface area (TPSA) is 26.0 Å². The average Bonchev–Trinajstić information content (AvgIpc) is 2.69. The third-order valence-corrected chi connectivity index (χ3v) is 4.45. The summed E-state index contributed by atoms with van der Waals surface area (Å²) in [6, 6.07) is 6.85. The van der Waals surface area contributed by atoms with Gasteiger partial charge in [0.2, 0.25) is 0 Å². The van der Waals surface area contributed by atoms with E-state index in [9.17, 15) is 0 Å². The predicted molar refractivity (Wildman–Crippen MR) is 68.3 cm³/mol. The van der Waals surface area contributed by atoms with E-state index in [0.717, 1.165) is 0 Å². The van der Waals surface area contributed by atoms with Gasteiger partial charge in [0.05, 0.1) is 0 Å². The van der Waals surface area contributed by atoms with Gasteiger partial charge in [-0.1, -0.05) is 23.8 Å². The molecule has 0 radical (unpaired) electrons. The van der Waals surface area contributed by atoms with Gasteiger partial charge in [-0.3, -0.25) is 0 Å². The van der Waals surface area contributed by atoms with Crippen molar-refractivity contribution in [1.82, 2.24) is 0 Å². The van der Waals surface area contributed by atoms with Crippen LogP contribution in [0.4, 0.5) is 0 Å². The van der Waals surface area contributed by atoms with E-state index in [1.165, 1.54) is 34.6 Å². The fraction of sp³-hybridized carbons (Fsp3) is 0.538. The second-order valence-electron chi connectivity index (χ2n) is 4.51. The largest absolute Gasteiger partial charge is 0.324 e. The Balaban J connectivity index is 2.20. The van der Waals surface area contributed by atoms with Gasteiger partial charge in [-0.25, -0.2) is 0 Å². The number of benzene rings is 1. The lowest BCUT2D eigenvalue weighted by molar-refractivity contribution is 0.480. The Bertz CT molecular complexity index is 342. The van der Waals surface area contributed by atoms with Gasteiger partial charge in [0.15, 0.2) is 0 Å². The lowest BCUT2D eigenvalue weighted by Crippen LogP contribution is -2.22. The molecule has 1 aromatic rings. The molecule has 1 heterocycles. The standard InChI is InChI=1S/C13H19NS/c1-9-3-4-12(10(2)7-9)13(14)11-5-6-15-8-11/h3-4,7,11,13H,5-6,8,14H2,1-2H3. The van der Waals surface area contributed by atoms with E-state index in [1.807, 2.05) is 11.8 Å². The van der Waals surface area contributed by atoms with Gasteiger partial charge in [0, 0.05) is 6.04 Å². The lowest BCUT2D eigenvalue weighted by Gasteiger charge is -2.20. The first-order valence-corrected chi connectivity index (χ1v) is 6.74. The molecule has 0 bridgehead atoms. The maximum atomic E-state index is 6.34. The first-order chi connectivity index (χ1) is 7.18. The quantitative estimate of drug-likeness (QED) is 0.830. The molecule has 1 nitrogen and oxygen atoms in total. The van der Waals surface area contributed by atoms with Gasteiger partial charge in [-0.15, -0.1) is 0 Å². The Morgan fingerprint density at radius 3 is 2.80 bits per heavy atom. The van der Waals surface area contributed by atoms with Crippen molar-refractivity contribution >= 4 is 11.8 Å². The number of hydrogen-bond acceptors (Lipinski definition) is 2. The number of rotatable bonds is 2. The first kappa shape index (κ1) is 11.0. The molecule has 2 unspecified atom stereocenters. The van der Waals surface area contributed by atoms with Crippen LogP contribution in [0.5, 0.6) is 0 Å². The highest BCUT2D eigenvalue weighted by molar-refractivity contribution is 7.99. The van der Waals surface area contributed by atoms with Crippen LogP contribution < -0.4 is 5.73 Å². The Morgan fingerprint density at radius 2 is 2.20 bits per heavy atom. The summed E-state index contributed by atoms with van der Waals surface area (Å²) in [4.78, 5) is 0. The SMILES string of the molecule is Cc1ccc(C(N)C2CCSC2)c(C)c1. The average molecular weight is 221 g/mol. The van der Waals surface area contributed by atoms with E-state index in [2.05, 4.69) is 32.0 Å². The molecule has 0 spiro atoms. The monoisotopic (exact) mass is 221 g/mol. The molecular formula is C13H19NS. The molecule has 0 amide bonds. The zero-order valence-electron chi connectivity index (χ0n) is 9.49. The first-order valence-electron chi connectivity index (χ1n) is 5.59. The van der Waals surface area contributed by atoms with E-state index in [-0.39, 0.29) is 6.04 Å². The third kappa shape index (κ3) is 2.37. The zero-order chi connectivity index (χ0) is 10.8. The molecule has 1 aliphatic rings. The van der Waals surface area contributed by atoms with Crippen LogP contribution in [0.3, 0.4) is 0 Å². The van der Waals surface area contributed by atoms with E-state index >= 15 is 0 Å². The Kier molecular flexibility index (Phi) is 3.37.